The van der Waals surface area contributed by atoms with Gasteiger partial charge in [-0.3, -0.25) is 0 Å². The van der Waals surface area contributed by atoms with E-state index >= 15 is 0 Å². The fourth-order valence-electron chi connectivity index (χ4n) is 2.31. The maximum absolute atomic E-state index is 12.7. The van der Waals surface area contributed by atoms with E-state index in [9.17, 15) is 26.5 Å². The topological polar surface area (TPSA) is 43.3 Å². The lowest BCUT2D eigenvalue weighted by atomic mass is 10.1. The molecule has 0 bridgehead atoms. The Balaban J connectivity index is 3.46. The number of aliphatic hydroxyl groups is 1. The van der Waals surface area contributed by atoms with Crippen LogP contribution in [0.2, 0.25) is 0 Å². The van der Waals surface area contributed by atoms with Crippen molar-refractivity contribution in [2.24, 2.45) is 0 Å². The smallest absolute Gasteiger partial charge is 0.453 e. The number of halogens is 5. The Morgan fingerprint density at radius 2 is 1.08 bits per heavy atom. The number of rotatable bonds is 15. The third-order valence-corrected chi connectivity index (χ3v) is 5.30. The van der Waals surface area contributed by atoms with Crippen LogP contribution in [0.4, 0.5) is 22.0 Å². The standard InChI is InChI=1S/C16H29F5O2S/c17-15(18,16(19,20)21)11-10-14-24(23)13-9-7-5-3-1-2-4-6-8-12-22/h22H,1-14H2. The molecule has 146 valence electrons. The fourth-order valence-corrected chi connectivity index (χ4v) is 3.51. The molecule has 8 heteroatoms. The third-order valence-electron chi connectivity index (χ3n) is 3.81. The number of hydrogen-bond acceptors (Lipinski definition) is 2. The van der Waals surface area contributed by atoms with Gasteiger partial charge in [-0.25, -0.2) is 0 Å². The van der Waals surface area contributed by atoms with Gasteiger partial charge in [0.05, 0.1) is 0 Å². The lowest BCUT2D eigenvalue weighted by molar-refractivity contribution is -0.284. The van der Waals surface area contributed by atoms with Crippen molar-refractivity contribution in [2.75, 3.05) is 18.1 Å². The van der Waals surface area contributed by atoms with Crippen LogP contribution in [0.25, 0.3) is 0 Å². The summed E-state index contributed by atoms with van der Waals surface area (Å²) < 4.78 is 72.8. The minimum atomic E-state index is -5.52. The second kappa shape index (κ2) is 13.2. The first kappa shape index (κ1) is 23.9. The summed E-state index contributed by atoms with van der Waals surface area (Å²) in [7, 11) is 0. The average molecular weight is 380 g/mol. The summed E-state index contributed by atoms with van der Waals surface area (Å²) >= 11 is -1.32. The molecule has 1 N–H and O–H groups in total. The van der Waals surface area contributed by atoms with Crippen molar-refractivity contribution in [1.29, 1.82) is 0 Å². The van der Waals surface area contributed by atoms with Gasteiger partial charge in [0.25, 0.3) is 0 Å². The Kier molecular flexibility index (Phi) is 13.1. The second-order valence-electron chi connectivity index (χ2n) is 6.06. The first-order valence-corrected chi connectivity index (χ1v) is 10.1. The zero-order valence-electron chi connectivity index (χ0n) is 14.1. The highest BCUT2D eigenvalue weighted by molar-refractivity contribution is 7.91. The molecule has 0 rings (SSSR count). The summed E-state index contributed by atoms with van der Waals surface area (Å²) in [6, 6.07) is 0. The van der Waals surface area contributed by atoms with E-state index in [1.54, 1.807) is 0 Å². The molecule has 0 saturated heterocycles. The van der Waals surface area contributed by atoms with Crippen LogP contribution in [0, 0.1) is 0 Å². The van der Waals surface area contributed by atoms with Gasteiger partial charge in [0.1, 0.15) is 11.5 Å². The molecule has 2 nitrogen and oxygen atoms in total. The van der Waals surface area contributed by atoms with Gasteiger partial charge in [-0.1, -0.05) is 49.7 Å². The van der Waals surface area contributed by atoms with Crippen molar-refractivity contribution in [3.63, 3.8) is 0 Å². The third kappa shape index (κ3) is 12.3. The van der Waals surface area contributed by atoms with E-state index in [1.165, 1.54) is 0 Å². The summed E-state index contributed by atoms with van der Waals surface area (Å²) in [6.45, 7) is 0.241. The van der Waals surface area contributed by atoms with Crippen molar-refractivity contribution in [3.8, 4) is 0 Å². The minimum Gasteiger partial charge on any atom is -0.616 e. The second-order valence-corrected chi connectivity index (χ2v) is 7.76. The molecular weight excluding hydrogens is 351 g/mol. The van der Waals surface area contributed by atoms with Gasteiger partial charge >= 0.3 is 12.1 Å². The molecule has 0 spiro atoms. The maximum atomic E-state index is 12.7. The molecule has 24 heavy (non-hydrogen) atoms. The van der Waals surface area contributed by atoms with Gasteiger partial charge in [0.2, 0.25) is 0 Å². The van der Waals surface area contributed by atoms with Crippen molar-refractivity contribution in [3.05, 3.63) is 0 Å². The molecule has 0 aliphatic heterocycles. The number of alkyl halides is 5. The highest BCUT2D eigenvalue weighted by atomic mass is 32.2. The zero-order valence-corrected chi connectivity index (χ0v) is 14.9. The maximum Gasteiger partial charge on any atom is 0.453 e. The van der Waals surface area contributed by atoms with Crippen molar-refractivity contribution < 1.29 is 31.6 Å². The van der Waals surface area contributed by atoms with Gasteiger partial charge < -0.3 is 9.66 Å². The first-order valence-electron chi connectivity index (χ1n) is 8.61. The summed E-state index contributed by atoms with van der Waals surface area (Å²) in [5, 5.41) is 8.63. The van der Waals surface area contributed by atoms with Crippen LogP contribution in [0.3, 0.4) is 0 Å². The summed E-state index contributed by atoms with van der Waals surface area (Å²) in [5.74, 6) is -4.42. The number of aliphatic hydroxyl groups excluding tert-OH is 1. The van der Waals surface area contributed by atoms with Crippen molar-refractivity contribution in [2.45, 2.75) is 82.7 Å². The molecule has 1 unspecified atom stereocenters. The van der Waals surface area contributed by atoms with E-state index in [4.69, 9.17) is 5.11 Å². The van der Waals surface area contributed by atoms with Gasteiger partial charge in [-0.05, 0) is 25.7 Å². The molecule has 1 atom stereocenters. The van der Waals surface area contributed by atoms with E-state index in [-0.39, 0.29) is 18.8 Å². The Labute approximate surface area is 144 Å². The van der Waals surface area contributed by atoms with Gasteiger partial charge in [-0.15, -0.1) is 0 Å². The Morgan fingerprint density at radius 3 is 1.54 bits per heavy atom. The molecule has 0 aliphatic rings. The van der Waals surface area contributed by atoms with Crippen LogP contribution in [0.1, 0.15) is 70.6 Å². The van der Waals surface area contributed by atoms with Crippen molar-refractivity contribution in [1.82, 2.24) is 0 Å². The van der Waals surface area contributed by atoms with Crippen LogP contribution >= 0.6 is 0 Å². The SMILES string of the molecule is [O-][S+](CCCCCCCCCCCO)CCCC(F)(F)C(F)(F)F. The summed E-state index contributed by atoms with van der Waals surface area (Å²) in [4.78, 5) is 0. The van der Waals surface area contributed by atoms with Gasteiger partial charge in [0.15, 0.2) is 0 Å². The molecule has 0 radical (unpaired) electrons. The van der Waals surface area contributed by atoms with Crippen LogP contribution in [-0.2, 0) is 11.2 Å². The van der Waals surface area contributed by atoms with Crippen LogP contribution < -0.4 is 0 Å². The van der Waals surface area contributed by atoms with Crippen molar-refractivity contribution >= 4 is 11.2 Å². The molecule has 0 aromatic carbocycles. The largest absolute Gasteiger partial charge is 0.616 e. The van der Waals surface area contributed by atoms with Crippen LogP contribution in [-0.4, -0.2) is 39.9 Å². The minimum absolute atomic E-state index is 0.101. The molecule has 0 heterocycles. The summed E-state index contributed by atoms with van der Waals surface area (Å²) in [5.41, 5.74) is 0. The Morgan fingerprint density at radius 1 is 0.667 bits per heavy atom. The number of unbranched alkanes of at least 4 members (excludes halogenated alkanes) is 8. The average Bonchev–Trinajstić information content (AvgIpc) is 2.48. The van der Waals surface area contributed by atoms with Gasteiger partial charge in [0, 0.05) is 13.0 Å². The van der Waals surface area contributed by atoms with E-state index in [0.717, 1.165) is 51.4 Å². The molecular formula is C16H29F5O2S. The molecule has 0 saturated carbocycles. The van der Waals surface area contributed by atoms with Gasteiger partial charge in [-0.2, -0.15) is 22.0 Å². The Hall–Kier alpha value is -0.0800. The molecule has 0 amide bonds. The fraction of sp³-hybridized carbons (Fsp3) is 1.00. The molecule has 0 fully saturated rings. The van der Waals surface area contributed by atoms with Crippen LogP contribution in [0.5, 0.6) is 0 Å². The highest BCUT2D eigenvalue weighted by Crippen LogP contribution is 2.38. The predicted molar refractivity (Wildman–Crippen MR) is 86.8 cm³/mol. The lowest BCUT2D eigenvalue weighted by Gasteiger charge is -2.19. The van der Waals surface area contributed by atoms with E-state index in [0.29, 0.717) is 12.2 Å². The molecule has 0 aromatic heterocycles. The molecule has 0 aliphatic carbocycles. The monoisotopic (exact) mass is 380 g/mol. The van der Waals surface area contributed by atoms with E-state index < -0.39 is 29.7 Å². The Bertz CT molecular complexity index is 301. The highest BCUT2D eigenvalue weighted by Gasteiger charge is 2.56. The van der Waals surface area contributed by atoms with Crippen LogP contribution in [0.15, 0.2) is 0 Å². The van der Waals surface area contributed by atoms with E-state index in [1.807, 2.05) is 0 Å². The number of hydrogen-bond donors (Lipinski definition) is 1. The lowest BCUT2D eigenvalue weighted by Crippen LogP contribution is -2.36. The first-order chi connectivity index (χ1) is 11.2. The van der Waals surface area contributed by atoms with E-state index in [2.05, 4.69) is 0 Å². The quantitative estimate of drug-likeness (QED) is 0.241. The molecule has 0 aromatic rings. The normalized spacial score (nSPS) is 14.1. The summed E-state index contributed by atoms with van der Waals surface area (Å²) in [6.07, 6.45) is 1.80. The zero-order chi connectivity index (χ0) is 18.5. The predicted octanol–water partition coefficient (Wildman–Crippen LogP) is 5.22.